The summed E-state index contributed by atoms with van der Waals surface area (Å²) in [5.74, 6) is 1.81. The van der Waals surface area contributed by atoms with Crippen molar-refractivity contribution in [3.8, 4) is 0 Å². The van der Waals surface area contributed by atoms with Crippen molar-refractivity contribution in [2.24, 2.45) is 5.92 Å². The maximum atomic E-state index is 12.0. The number of carbonyl (C=O) groups is 1. The first kappa shape index (κ1) is 16.4. The van der Waals surface area contributed by atoms with Gasteiger partial charge in [-0.2, -0.15) is 4.98 Å². The van der Waals surface area contributed by atoms with E-state index in [1.807, 2.05) is 0 Å². The molecule has 1 atom stereocenters. The molecule has 0 aromatic carbocycles. The van der Waals surface area contributed by atoms with Crippen molar-refractivity contribution >= 4 is 5.91 Å². The fraction of sp³-hybridized carbons (Fsp3) is 0.812. The van der Waals surface area contributed by atoms with Gasteiger partial charge in [0.05, 0.1) is 12.6 Å². The van der Waals surface area contributed by atoms with Gasteiger partial charge >= 0.3 is 0 Å². The molecule has 2 aliphatic rings. The number of piperazine rings is 1. The Balaban J connectivity index is 1.46. The largest absolute Gasteiger partial charge is 0.347 e. The molecule has 2 heterocycles. The maximum Gasteiger partial charge on any atom is 0.246 e. The van der Waals surface area contributed by atoms with E-state index in [1.165, 1.54) is 32.1 Å². The van der Waals surface area contributed by atoms with Gasteiger partial charge in [-0.3, -0.25) is 9.69 Å². The van der Waals surface area contributed by atoms with Crippen LogP contribution in [-0.4, -0.2) is 47.6 Å². The normalized spacial score (nSPS) is 23.8. The van der Waals surface area contributed by atoms with E-state index in [0.717, 1.165) is 19.6 Å². The molecule has 0 radical (unpaired) electrons. The molecule has 1 unspecified atom stereocenters. The highest BCUT2D eigenvalue weighted by molar-refractivity contribution is 5.76. The molecule has 1 aliphatic heterocycles. The number of hydrogen-bond acceptors (Lipinski definition) is 6. The Labute approximate surface area is 137 Å². The van der Waals surface area contributed by atoms with E-state index in [0.29, 0.717) is 30.6 Å². The zero-order valence-electron chi connectivity index (χ0n) is 13.9. The predicted octanol–water partition coefficient (Wildman–Crippen LogP) is 1.23. The van der Waals surface area contributed by atoms with Gasteiger partial charge in [0.2, 0.25) is 11.8 Å². The zero-order valence-corrected chi connectivity index (χ0v) is 13.9. The molecule has 1 aromatic rings. The number of likely N-dealkylation sites (N-methyl/N-ethyl adjacent to an activating group) is 1. The van der Waals surface area contributed by atoms with Crippen molar-refractivity contribution in [1.29, 1.82) is 0 Å². The van der Waals surface area contributed by atoms with Crippen LogP contribution in [0.3, 0.4) is 0 Å². The van der Waals surface area contributed by atoms with E-state index in [1.54, 1.807) is 0 Å². The Morgan fingerprint density at radius 1 is 1.39 bits per heavy atom. The van der Waals surface area contributed by atoms with E-state index in [-0.39, 0.29) is 11.9 Å². The Bertz CT molecular complexity index is 512. The van der Waals surface area contributed by atoms with Gasteiger partial charge < -0.3 is 15.2 Å². The van der Waals surface area contributed by atoms with Gasteiger partial charge in [0.1, 0.15) is 0 Å². The van der Waals surface area contributed by atoms with E-state index in [4.69, 9.17) is 4.52 Å². The average Bonchev–Trinajstić information content (AvgIpc) is 3.03. The summed E-state index contributed by atoms with van der Waals surface area (Å²) in [5.41, 5.74) is 0. The minimum Gasteiger partial charge on any atom is -0.347 e. The van der Waals surface area contributed by atoms with Gasteiger partial charge in [0.25, 0.3) is 0 Å². The van der Waals surface area contributed by atoms with Gasteiger partial charge in [0, 0.05) is 26.1 Å². The maximum absolute atomic E-state index is 12.0. The molecule has 1 saturated carbocycles. The van der Waals surface area contributed by atoms with Crippen LogP contribution >= 0.6 is 0 Å². The standard InChI is InChI=1S/C16H27N5O2/c1-21-8-7-17-10-13(21)16-19-15(23-20-16)11-18-14(22)9-12-5-3-2-4-6-12/h12-13,17H,2-11H2,1H3,(H,18,22). The van der Waals surface area contributed by atoms with E-state index >= 15 is 0 Å². The van der Waals surface area contributed by atoms with E-state index in [2.05, 4.69) is 32.7 Å². The van der Waals surface area contributed by atoms with Crippen LogP contribution < -0.4 is 10.6 Å². The smallest absolute Gasteiger partial charge is 0.246 e. The summed E-state index contributed by atoms with van der Waals surface area (Å²) in [6.45, 7) is 3.09. The molecular weight excluding hydrogens is 294 g/mol. The first-order valence-corrected chi connectivity index (χ1v) is 8.72. The Morgan fingerprint density at radius 2 is 2.22 bits per heavy atom. The number of nitrogens with one attached hydrogen (secondary N) is 2. The highest BCUT2D eigenvalue weighted by atomic mass is 16.5. The van der Waals surface area contributed by atoms with Gasteiger partial charge in [-0.25, -0.2) is 0 Å². The number of aromatic nitrogens is 2. The van der Waals surface area contributed by atoms with Crippen LogP contribution in [0.5, 0.6) is 0 Å². The van der Waals surface area contributed by atoms with E-state index < -0.39 is 0 Å². The van der Waals surface area contributed by atoms with Crippen molar-refractivity contribution in [2.45, 2.75) is 51.1 Å². The van der Waals surface area contributed by atoms with Crippen molar-refractivity contribution in [3.05, 3.63) is 11.7 Å². The Morgan fingerprint density at radius 3 is 3.00 bits per heavy atom. The fourth-order valence-corrected chi connectivity index (χ4v) is 3.47. The van der Waals surface area contributed by atoms with Crippen LogP contribution in [-0.2, 0) is 11.3 Å². The molecule has 3 rings (SSSR count). The summed E-state index contributed by atoms with van der Waals surface area (Å²) in [6, 6.07) is 0.138. The highest BCUT2D eigenvalue weighted by Gasteiger charge is 2.25. The van der Waals surface area contributed by atoms with Gasteiger partial charge in [-0.05, 0) is 25.8 Å². The van der Waals surface area contributed by atoms with Crippen LogP contribution in [0.1, 0.15) is 56.3 Å². The molecule has 2 N–H and O–H groups in total. The van der Waals surface area contributed by atoms with Gasteiger partial charge in [-0.15, -0.1) is 0 Å². The lowest BCUT2D eigenvalue weighted by atomic mass is 9.87. The summed E-state index contributed by atoms with van der Waals surface area (Å²) in [6.07, 6.45) is 6.81. The minimum atomic E-state index is 0.0908. The first-order valence-electron chi connectivity index (χ1n) is 8.72. The summed E-state index contributed by atoms with van der Waals surface area (Å²) in [7, 11) is 2.06. The monoisotopic (exact) mass is 321 g/mol. The molecule has 1 saturated heterocycles. The predicted molar refractivity (Wildman–Crippen MR) is 85.6 cm³/mol. The molecule has 0 spiro atoms. The molecule has 1 aromatic heterocycles. The summed E-state index contributed by atoms with van der Waals surface area (Å²) >= 11 is 0. The third kappa shape index (κ3) is 4.51. The summed E-state index contributed by atoms with van der Waals surface area (Å²) in [4.78, 5) is 18.7. The van der Waals surface area contributed by atoms with Crippen LogP contribution in [0.2, 0.25) is 0 Å². The molecule has 7 nitrogen and oxygen atoms in total. The number of carbonyl (C=O) groups excluding carboxylic acids is 1. The van der Waals surface area contributed by atoms with Crippen molar-refractivity contribution < 1.29 is 9.32 Å². The second kappa shape index (κ2) is 7.88. The second-order valence-electron chi connectivity index (χ2n) is 6.73. The van der Waals surface area contributed by atoms with Crippen LogP contribution in [0.25, 0.3) is 0 Å². The van der Waals surface area contributed by atoms with Crippen LogP contribution in [0.4, 0.5) is 0 Å². The molecule has 0 bridgehead atoms. The lowest BCUT2D eigenvalue weighted by Crippen LogP contribution is -2.44. The quantitative estimate of drug-likeness (QED) is 0.849. The third-order valence-corrected chi connectivity index (χ3v) is 4.93. The minimum absolute atomic E-state index is 0.0908. The van der Waals surface area contributed by atoms with Crippen LogP contribution in [0.15, 0.2) is 4.52 Å². The van der Waals surface area contributed by atoms with Crippen molar-refractivity contribution in [1.82, 2.24) is 25.7 Å². The lowest BCUT2D eigenvalue weighted by molar-refractivity contribution is -0.122. The summed E-state index contributed by atoms with van der Waals surface area (Å²) < 4.78 is 5.28. The topological polar surface area (TPSA) is 83.3 Å². The molecule has 1 amide bonds. The number of hydrogen-bond donors (Lipinski definition) is 2. The highest BCUT2D eigenvalue weighted by Crippen LogP contribution is 2.26. The number of nitrogens with zero attached hydrogens (tertiary/aromatic N) is 3. The Hall–Kier alpha value is -1.47. The van der Waals surface area contributed by atoms with Gasteiger partial charge in [0.15, 0.2) is 5.82 Å². The van der Waals surface area contributed by atoms with E-state index in [9.17, 15) is 4.79 Å². The molecule has 7 heteroatoms. The molecule has 128 valence electrons. The van der Waals surface area contributed by atoms with Crippen LogP contribution in [0, 0.1) is 5.92 Å². The zero-order chi connectivity index (χ0) is 16.1. The molecule has 23 heavy (non-hydrogen) atoms. The third-order valence-electron chi connectivity index (χ3n) is 4.93. The van der Waals surface area contributed by atoms with Gasteiger partial charge in [-0.1, -0.05) is 24.4 Å². The average molecular weight is 321 g/mol. The molecule has 1 aliphatic carbocycles. The van der Waals surface area contributed by atoms with Crippen molar-refractivity contribution in [3.63, 3.8) is 0 Å². The molecular formula is C16H27N5O2. The number of rotatable bonds is 5. The van der Waals surface area contributed by atoms with Crippen molar-refractivity contribution in [2.75, 3.05) is 26.7 Å². The second-order valence-corrected chi connectivity index (χ2v) is 6.73. The fourth-order valence-electron chi connectivity index (χ4n) is 3.47. The SMILES string of the molecule is CN1CCNCC1c1noc(CNC(=O)CC2CCCCC2)n1. The number of amides is 1. The first-order chi connectivity index (χ1) is 11.2. The Kier molecular flexibility index (Phi) is 5.61. The summed E-state index contributed by atoms with van der Waals surface area (Å²) in [5, 5.41) is 10.3. The molecule has 2 fully saturated rings. The lowest BCUT2D eigenvalue weighted by Gasteiger charge is -2.30.